The van der Waals surface area contributed by atoms with Crippen molar-refractivity contribution in [2.45, 2.75) is 136 Å². The van der Waals surface area contributed by atoms with Crippen LogP contribution in [-0.2, 0) is 14.2 Å². The zero-order chi connectivity index (χ0) is 75.3. The van der Waals surface area contributed by atoms with Crippen LogP contribution in [0, 0.1) is 34.0 Å². The summed E-state index contributed by atoms with van der Waals surface area (Å²) in [5.74, 6) is 1.96. The Labute approximate surface area is 619 Å². The molecule has 2 aliphatic rings. The van der Waals surface area contributed by atoms with E-state index in [1.165, 1.54) is 28.2 Å². The molecule has 5 atom stereocenters. The number of carbonyl (C=O) groups excluding carboxylic acids is 1. The van der Waals surface area contributed by atoms with Gasteiger partial charge in [0.1, 0.15) is 71.9 Å². The molecule has 107 heavy (non-hydrogen) atoms. The first-order valence-electron chi connectivity index (χ1n) is 35.3. The molecule has 9 heterocycles. The number of nitrogens with two attached hydrogens (primary N) is 1. The molecule has 0 radical (unpaired) electrons. The van der Waals surface area contributed by atoms with Gasteiger partial charge < -0.3 is 30.6 Å². The average Bonchev–Trinajstić information content (AvgIpc) is 1.49. The molecule has 4 N–H and O–H groups in total. The van der Waals surface area contributed by atoms with Crippen LogP contribution >= 0.6 is 11.6 Å². The largest absolute Gasteiger partial charge is 0.444 e. The number of nitrogens with zero attached hydrogens (tertiary/aromatic N) is 17. The quantitative estimate of drug-likeness (QED) is 0.0851. The topological polar surface area (TPSA) is 358 Å². The molecule has 1 amide bonds. The molecule has 0 saturated carbocycles. The Morgan fingerprint density at radius 1 is 0.542 bits per heavy atom. The van der Waals surface area contributed by atoms with E-state index < -0.39 is 17.7 Å². The van der Waals surface area contributed by atoms with Crippen LogP contribution in [0.25, 0.3) is 72.1 Å². The minimum Gasteiger partial charge on any atom is -0.444 e. The van der Waals surface area contributed by atoms with Crippen molar-refractivity contribution >= 4 is 78.5 Å². The molecule has 2 saturated heterocycles. The first-order valence-corrected chi connectivity index (χ1v) is 35.6. The summed E-state index contributed by atoms with van der Waals surface area (Å²) in [6.45, 7) is 12.7. The van der Waals surface area contributed by atoms with Crippen LogP contribution in [0.2, 0.25) is 5.15 Å². The number of nitrogens with one attached hydrogen (secondary N) is 2. The Balaban J connectivity index is 0.000000139. The van der Waals surface area contributed by atoms with Crippen molar-refractivity contribution in [3.05, 3.63) is 241 Å². The van der Waals surface area contributed by atoms with Crippen LogP contribution < -0.4 is 33.0 Å². The van der Waals surface area contributed by atoms with Crippen molar-refractivity contribution in [1.29, 1.82) is 15.8 Å². The van der Waals surface area contributed by atoms with Crippen molar-refractivity contribution in [2.75, 3.05) is 18.5 Å². The summed E-state index contributed by atoms with van der Waals surface area (Å²) in [5.41, 5.74) is 11.5. The maximum atomic E-state index is 13.9. The molecule has 2 unspecified atom stereocenters. The van der Waals surface area contributed by atoms with E-state index in [-0.39, 0.29) is 52.2 Å². The number of benzene rings is 6. The summed E-state index contributed by atoms with van der Waals surface area (Å²) in [6, 6.07) is 47.8. The fourth-order valence-electron chi connectivity index (χ4n) is 12.8. The third-order valence-corrected chi connectivity index (χ3v) is 18.3. The SMILES string of the molecule is CC[C@H](N)c1nc2cccc(C#N)c2c(=O)n1-c1ccccc1.CC[C@H](NC(=O)OC(C)(C)C)c1nc2cccc(C#N)c2c(=O)n1-c1ccccc1.CC[C@H](Nc1ncnc2c1ncn2C1CCCCO1)c1nc2cccc(C#N)c2c(=O)n1-c1ccccc1.Clc1ncnc2c1ncn2C1CCCCO1. The number of hydrogen-bond donors (Lipinski definition) is 3. The van der Waals surface area contributed by atoms with Gasteiger partial charge in [0, 0.05) is 13.2 Å². The summed E-state index contributed by atoms with van der Waals surface area (Å²) in [7, 11) is 0. The Hall–Kier alpha value is -12.5. The van der Waals surface area contributed by atoms with Crippen molar-refractivity contribution in [1.82, 2.24) is 73.0 Å². The van der Waals surface area contributed by atoms with E-state index in [9.17, 15) is 35.0 Å². The second-order valence-electron chi connectivity index (χ2n) is 26.2. The van der Waals surface area contributed by atoms with E-state index >= 15 is 0 Å². The Morgan fingerprint density at radius 2 is 0.953 bits per heavy atom. The first-order chi connectivity index (χ1) is 52.0. The molecule has 7 aromatic heterocycles. The minimum absolute atomic E-state index is 0.0321. The fraction of sp³-hybridized carbons (Fsp3) is 0.291. The highest BCUT2D eigenvalue weighted by Gasteiger charge is 2.29. The smallest absolute Gasteiger partial charge is 0.408 e. The molecular formula is C79H77ClN20O7. The zero-order valence-corrected chi connectivity index (χ0v) is 60.5. The Morgan fingerprint density at radius 3 is 1.36 bits per heavy atom. The summed E-state index contributed by atoms with van der Waals surface area (Å²) >= 11 is 5.94. The number of aromatic nitrogens is 14. The molecule has 0 aliphatic carbocycles. The van der Waals surface area contributed by atoms with E-state index in [1.54, 1.807) is 105 Å². The van der Waals surface area contributed by atoms with Crippen molar-refractivity contribution in [2.24, 2.45) is 5.73 Å². The summed E-state index contributed by atoms with van der Waals surface area (Å²) in [4.78, 5) is 92.9. The number of halogens is 1. The van der Waals surface area contributed by atoms with E-state index in [0.717, 1.165) is 51.0 Å². The van der Waals surface area contributed by atoms with Gasteiger partial charge >= 0.3 is 6.09 Å². The van der Waals surface area contributed by atoms with Gasteiger partial charge in [0.05, 0.1) is 97.2 Å². The number of amides is 1. The number of fused-ring (bicyclic) bond motifs is 5. The number of ether oxygens (including phenoxy) is 3. The van der Waals surface area contributed by atoms with E-state index in [1.807, 2.05) is 109 Å². The van der Waals surface area contributed by atoms with Crippen LogP contribution in [0.15, 0.2) is 185 Å². The summed E-state index contributed by atoms with van der Waals surface area (Å²) in [6.07, 6.45) is 13.9. The molecule has 0 spiro atoms. The maximum absolute atomic E-state index is 13.9. The Kier molecular flexibility index (Phi) is 23.3. The van der Waals surface area contributed by atoms with Gasteiger partial charge in [0.25, 0.3) is 16.7 Å². The molecule has 2 aliphatic heterocycles. The number of rotatable bonds is 14. The Bertz CT molecular complexity index is 5690. The molecule has 6 aromatic carbocycles. The van der Waals surface area contributed by atoms with Gasteiger partial charge in [-0.25, -0.2) is 49.7 Å². The van der Waals surface area contributed by atoms with Crippen LogP contribution in [-0.4, -0.2) is 92.6 Å². The second kappa shape index (κ2) is 33.5. The molecule has 542 valence electrons. The number of hydrogen-bond acceptors (Lipinski definition) is 21. The highest BCUT2D eigenvalue weighted by molar-refractivity contribution is 6.33. The molecule has 15 rings (SSSR count). The third-order valence-electron chi connectivity index (χ3n) is 18.0. The van der Waals surface area contributed by atoms with Crippen molar-refractivity contribution in [3.63, 3.8) is 0 Å². The lowest BCUT2D eigenvalue weighted by molar-refractivity contribution is -0.0299. The highest BCUT2D eigenvalue weighted by Crippen LogP contribution is 2.33. The van der Waals surface area contributed by atoms with E-state index in [2.05, 4.69) is 68.7 Å². The second-order valence-corrected chi connectivity index (χ2v) is 26.5. The highest BCUT2D eigenvalue weighted by atomic mass is 35.5. The molecule has 0 bridgehead atoms. The monoisotopic (exact) mass is 1450 g/mol. The van der Waals surface area contributed by atoms with Gasteiger partial charge in [-0.1, -0.05) is 105 Å². The molecule has 27 nitrogen and oxygen atoms in total. The number of carbonyl (C=O) groups is 1. The van der Waals surface area contributed by atoms with Gasteiger partial charge in [-0.05, 0) is 151 Å². The lowest BCUT2D eigenvalue weighted by Gasteiger charge is -2.24. The lowest BCUT2D eigenvalue weighted by atomic mass is 10.1. The number of para-hydroxylation sites is 3. The molecule has 2 fully saturated rings. The zero-order valence-electron chi connectivity index (χ0n) is 59.7. The lowest BCUT2D eigenvalue weighted by Crippen LogP contribution is -2.37. The van der Waals surface area contributed by atoms with Crippen LogP contribution in [0.4, 0.5) is 10.6 Å². The van der Waals surface area contributed by atoms with Gasteiger partial charge in [-0.15, -0.1) is 0 Å². The summed E-state index contributed by atoms with van der Waals surface area (Å²) in [5, 5.41) is 36.0. The predicted molar refractivity (Wildman–Crippen MR) is 406 cm³/mol. The number of alkyl carbamates (subject to hydrolysis) is 1. The molecule has 13 aromatic rings. The number of imidazole rings is 2. The fourth-order valence-corrected chi connectivity index (χ4v) is 13.0. The van der Waals surface area contributed by atoms with Gasteiger partial charge in [-0.2, -0.15) is 15.8 Å². The summed E-state index contributed by atoms with van der Waals surface area (Å²) < 4.78 is 25.5. The minimum atomic E-state index is -0.653. The van der Waals surface area contributed by atoms with Crippen molar-refractivity contribution < 1.29 is 19.0 Å². The van der Waals surface area contributed by atoms with Crippen molar-refractivity contribution in [3.8, 4) is 35.3 Å². The van der Waals surface area contributed by atoms with E-state index in [4.69, 9.17) is 36.5 Å². The van der Waals surface area contributed by atoms with Gasteiger partial charge in [0.15, 0.2) is 27.8 Å². The van der Waals surface area contributed by atoms with Crippen LogP contribution in [0.1, 0.15) is 164 Å². The van der Waals surface area contributed by atoms with Crippen LogP contribution in [0.5, 0.6) is 0 Å². The maximum Gasteiger partial charge on any atom is 0.408 e. The number of anilines is 1. The normalized spacial score (nSPS) is 15.0. The number of nitriles is 3. The van der Waals surface area contributed by atoms with E-state index in [0.29, 0.717) is 120 Å². The van der Waals surface area contributed by atoms with Gasteiger partial charge in [-0.3, -0.25) is 37.2 Å². The standard InChI is InChI=1S/C28H26N8O2.C23H24N4O3.C18H16N4O.C10H11ClN4O/c1-2-20(33-25-24-27(31-16-30-25)35(17-32-24)22-13-6-7-14-38-22)26-34-21-12-8-9-18(15-29)23(21)28(37)36(26)19-10-4-3-5-11-19;1-5-17(26-22(29)30-23(2,3)4)20-25-18-13-9-10-15(14-24)19(18)21(28)27(20)16-11-7-6-8-12-16;1-2-14(20)17-21-15-10-6-7-12(11-19)16(15)18(23)22(17)13-8-4-3-5-9-13;11-9-8-10(13-5-12-9)15(6-14-8)7-3-1-2-4-16-7/h3-5,8-12,16-17,20,22H,2,6-7,13-14H2,1H3,(H,30,31,33);6-13,17H,5H2,1-4H3,(H,26,29);3-10,14H,2,20H2,1H3;5-7H,1-4H2/t20-,22?;17-;14-;/m000./s1. The van der Waals surface area contributed by atoms with Crippen LogP contribution in [0.3, 0.4) is 0 Å². The third kappa shape index (κ3) is 16.1. The first kappa shape index (κ1) is 74.3. The molecule has 28 heteroatoms. The van der Waals surface area contributed by atoms with Gasteiger partial charge in [0.2, 0.25) is 0 Å². The predicted octanol–water partition coefficient (Wildman–Crippen LogP) is 13.7. The average molecular weight is 1450 g/mol. The molecular weight excluding hydrogens is 1380 g/mol.